The maximum Gasteiger partial charge on any atom is 0.0674 e. The van der Waals surface area contributed by atoms with Gasteiger partial charge in [-0.1, -0.05) is 26.8 Å². The Morgan fingerprint density at radius 2 is 2.12 bits per heavy atom. The van der Waals surface area contributed by atoms with Crippen molar-refractivity contribution in [1.29, 1.82) is 0 Å². The molecule has 0 unspecified atom stereocenters. The molecule has 0 bridgehead atoms. The van der Waals surface area contributed by atoms with E-state index in [4.69, 9.17) is 0 Å². The molecule has 0 aliphatic heterocycles. The topological polar surface area (TPSA) is 40.1 Å². The molecule has 4 atom stereocenters. The lowest BCUT2D eigenvalue weighted by Crippen LogP contribution is -2.34. The number of hydrogen-bond donors (Lipinski definition) is 0. The van der Waals surface area contributed by atoms with E-state index in [0.29, 0.717) is 22.8 Å². The van der Waals surface area contributed by atoms with Gasteiger partial charge in [0.05, 0.1) is 5.97 Å². The summed E-state index contributed by atoms with van der Waals surface area (Å²) in [4.78, 5) is 11.3. The van der Waals surface area contributed by atoms with E-state index in [1.807, 2.05) is 6.08 Å². The summed E-state index contributed by atoms with van der Waals surface area (Å²) in [6.07, 6.45) is 6.61. The highest BCUT2D eigenvalue weighted by molar-refractivity contribution is 5.86. The molecule has 0 aromatic carbocycles. The molecule has 3 aliphatic rings. The SMILES string of the molecule is C[C@@H]1CC[C@H]2C(C(=O)[O-])=C[C@@H]3CC(C)(C)C[C@@]132. The Hall–Kier alpha value is -0.790. The number of aliphatic carboxylic acids is 1. The molecule has 2 fully saturated rings. The number of allylic oxidation sites excluding steroid dienone is 1. The molecule has 0 amide bonds. The zero-order chi connectivity index (χ0) is 12.4. The van der Waals surface area contributed by atoms with Gasteiger partial charge in [-0.05, 0) is 59.8 Å². The van der Waals surface area contributed by atoms with Crippen molar-refractivity contribution < 1.29 is 9.90 Å². The first-order valence-electron chi connectivity index (χ1n) is 6.80. The Labute approximate surface area is 103 Å². The Morgan fingerprint density at radius 3 is 2.76 bits per heavy atom. The fraction of sp³-hybridized carbons (Fsp3) is 0.800. The molecular formula is C15H21O2-. The van der Waals surface area contributed by atoms with E-state index in [9.17, 15) is 9.90 Å². The molecule has 2 nitrogen and oxygen atoms in total. The summed E-state index contributed by atoms with van der Waals surface area (Å²) < 4.78 is 0. The summed E-state index contributed by atoms with van der Waals surface area (Å²) in [5.74, 6) is 0.491. The molecule has 0 N–H and O–H groups in total. The van der Waals surface area contributed by atoms with Crippen molar-refractivity contribution in [2.45, 2.75) is 46.5 Å². The van der Waals surface area contributed by atoms with Crippen LogP contribution in [-0.2, 0) is 4.79 Å². The first-order valence-corrected chi connectivity index (χ1v) is 6.80. The number of carboxylic acid groups (broad SMARTS) is 1. The standard InChI is InChI=1S/C15H22O2/c1-9-4-5-12-11(13(16)17)6-10-7-14(2,3)8-15(9,10)12/h6,9-10,12H,4-5,7-8H2,1-3H3,(H,16,17)/p-1/t9-,10-,12+,15-/m1/s1. The van der Waals surface area contributed by atoms with Gasteiger partial charge in [0.15, 0.2) is 0 Å². The Morgan fingerprint density at radius 1 is 1.41 bits per heavy atom. The predicted molar refractivity (Wildman–Crippen MR) is 63.9 cm³/mol. The zero-order valence-electron chi connectivity index (χ0n) is 11.0. The van der Waals surface area contributed by atoms with Crippen LogP contribution in [0.5, 0.6) is 0 Å². The molecule has 0 heterocycles. The molecule has 1 spiro atoms. The number of carbonyl (C=O) groups is 1. The van der Waals surface area contributed by atoms with Crippen molar-refractivity contribution in [3.8, 4) is 0 Å². The third-order valence-electron chi connectivity index (χ3n) is 5.69. The van der Waals surface area contributed by atoms with Crippen LogP contribution in [-0.4, -0.2) is 5.97 Å². The minimum absolute atomic E-state index is 0.249. The summed E-state index contributed by atoms with van der Waals surface area (Å²) in [5.41, 5.74) is 1.24. The van der Waals surface area contributed by atoms with Crippen LogP contribution in [0.4, 0.5) is 0 Å². The van der Waals surface area contributed by atoms with Gasteiger partial charge in [0.1, 0.15) is 0 Å². The lowest BCUT2D eigenvalue weighted by Gasteiger charge is -2.37. The second-order valence-electron chi connectivity index (χ2n) is 7.20. The number of carboxylic acids is 1. The van der Waals surface area contributed by atoms with Crippen molar-refractivity contribution in [3.63, 3.8) is 0 Å². The summed E-state index contributed by atoms with van der Waals surface area (Å²) in [5, 5.41) is 11.3. The lowest BCUT2D eigenvalue weighted by molar-refractivity contribution is -0.300. The van der Waals surface area contributed by atoms with Crippen LogP contribution in [0.3, 0.4) is 0 Å². The summed E-state index contributed by atoms with van der Waals surface area (Å²) in [7, 11) is 0. The first kappa shape index (κ1) is 11.3. The lowest BCUT2D eigenvalue weighted by atomic mass is 9.67. The zero-order valence-corrected chi connectivity index (χ0v) is 11.0. The second kappa shape index (κ2) is 3.15. The van der Waals surface area contributed by atoms with Crippen molar-refractivity contribution >= 4 is 5.97 Å². The minimum atomic E-state index is -0.921. The summed E-state index contributed by atoms with van der Waals surface area (Å²) >= 11 is 0. The molecule has 0 aromatic rings. The smallest absolute Gasteiger partial charge is 0.0674 e. The molecule has 2 saturated carbocycles. The fourth-order valence-electron chi connectivity index (χ4n) is 5.24. The van der Waals surface area contributed by atoms with Crippen LogP contribution in [0, 0.1) is 28.6 Å². The molecule has 94 valence electrons. The molecule has 0 saturated heterocycles. The maximum absolute atomic E-state index is 11.3. The van der Waals surface area contributed by atoms with E-state index in [0.717, 1.165) is 12.8 Å². The molecule has 0 aromatic heterocycles. The molecule has 3 aliphatic carbocycles. The van der Waals surface area contributed by atoms with Gasteiger partial charge in [0.25, 0.3) is 0 Å². The number of hydrogen-bond acceptors (Lipinski definition) is 2. The Kier molecular flexibility index (Phi) is 2.10. The quantitative estimate of drug-likeness (QED) is 0.696. The maximum atomic E-state index is 11.3. The van der Waals surface area contributed by atoms with E-state index < -0.39 is 5.97 Å². The van der Waals surface area contributed by atoms with Gasteiger partial charge in [0, 0.05) is 0 Å². The third-order valence-corrected chi connectivity index (χ3v) is 5.69. The molecule has 2 heteroatoms. The van der Waals surface area contributed by atoms with Crippen LogP contribution in [0.15, 0.2) is 11.6 Å². The van der Waals surface area contributed by atoms with Crippen LogP contribution >= 0.6 is 0 Å². The van der Waals surface area contributed by atoms with Crippen LogP contribution in [0.2, 0.25) is 0 Å². The minimum Gasteiger partial charge on any atom is -0.545 e. The first-order chi connectivity index (χ1) is 7.87. The number of carbonyl (C=O) groups excluding carboxylic acids is 1. The second-order valence-corrected chi connectivity index (χ2v) is 7.20. The summed E-state index contributed by atoms with van der Waals surface area (Å²) in [6.45, 7) is 6.98. The Balaban J connectivity index is 2.06. The largest absolute Gasteiger partial charge is 0.545 e. The number of rotatable bonds is 1. The fourth-order valence-corrected chi connectivity index (χ4v) is 5.24. The van der Waals surface area contributed by atoms with E-state index >= 15 is 0 Å². The van der Waals surface area contributed by atoms with Crippen LogP contribution in [0.1, 0.15) is 46.5 Å². The average molecular weight is 233 g/mol. The van der Waals surface area contributed by atoms with Gasteiger partial charge < -0.3 is 9.90 Å². The van der Waals surface area contributed by atoms with Gasteiger partial charge in [0.2, 0.25) is 0 Å². The van der Waals surface area contributed by atoms with Crippen molar-refractivity contribution in [2.24, 2.45) is 28.6 Å². The highest BCUT2D eigenvalue weighted by Crippen LogP contribution is 2.70. The van der Waals surface area contributed by atoms with Crippen molar-refractivity contribution in [1.82, 2.24) is 0 Å². The monoisotopic (exact) mass is 233 g/mol. The van der Waals surface area contributed by atoms with Gasteiger partial charge in [-0.15, -0.1) is 0 Å². The van der Waals surface area contributed by atoms with Crippen LogP contribution < -0.4 is 5.11 Å². The van der Waals surface area contributed by atoms with Gasteiger partial charge in [-0.3, -0.25) is 0 Å². The normalized spacial score (nSPS) is 46.5. The van der Waals surface area contributed by atoms with Crippen molar-refractivity contribution in [3.05, 3.63) is 11.6 Å². The molecule has 17 heavy (non-hydrogen) atoms. The van der Waals surface area contributed by atoms with Gasteiger partial charge in [-0.25, -0.2) is 0 Å². The van der Waals surface area contributed by atoms with Gasteiger partial charge in [-0.2, -0.15) is 0 Å². The van der Waals surface area contributed by atoms with Crippen molar-refractivity contribution in [2.75, 3.05) is 0 Å². The highest BCUT2D eigenvalue weighted by Gasteiger charge is 2.62. The highest BCUT2D eigenvalue weighted by atomic mass is 16.4. The predicted octanol–water partition coefficient (Wildman–Crippen LogP) is 2.15. The third kappa shape index (κ3) is 1.30. The summed E-state index contributed by atoms with van der Waals surface area (Å²) in [6, 6.07) is 0. The van der Waals surface area contributed by atoms with E-state index in [1.54, 1.807) is 0 Å². The van der Waals surface area contributed by atoms with E-state index in [2.05, 4.69) is 20.8 Å². The molecule has 0 radical (unpaired) electrons. The molecular weight excluding hydrogens is 212 g/mol. The van der Waals surface area contributed by atoms with E-state index in [-0.39, 0.29) is 11.3 Å². The Bertz CT molecular complexity index is 407. The van der Waals surface area contributed by atoms with E-state index in [1.165, 1.54) is 12.8 Å². The molecule has 3 rings (SSSR count). The van der Waals surface area contributed by atoms with Crippen LogP contribution in [0.25, 0.3) is 0 Å². The average Bonchev–Trinajstić information content (AvgIpc) is 2.73. The van der Waals surface area contributed by atoms with Gasteiger partial charge >= 0.3 is 0 Å².